The Morgan fingerprint density at radius 3 is 2.64 bits per heavy atom. The minimum Gasteiger partial charge on any atom is -0.326 e. The minimum atomic E-state index is -0.113. The van der Waals surface area contributed by atoms with Crippen LogP contribution < -0.4 is 10.3 Å². The third kappa shape index (κ3) is 4.78. The van der Waals surface area contributed by atoms with Crippen LogP contribution >= 0.6 is 11.6 Å². The van der Waals surface area contributed by atoms with Crippen molar-refractivity contribution in [3.63, 3.8) is 0 Å². The van der Waals surface area contributed by atoms with Crippen LogP contribution in [-0.2, 0) is 4.79 Å². The predicted octanol–water partition coefficient (Wildman–Crippen LogP) is 3.73. The lowest BCUT2D eigenvalue weighted by Gasteiger charge is -2.17. The minimum absolute atomic E-state index is 0.113. The first kappa shape index (κ1) is 18.4. The van der Waals surface area contributed by atoms with Gasteiger partial charge in [0.2, 0.25) is 5.91 Å². The number of aromatic nitrogens is 1. The first-order chi connectivity index (χ1) is 11.9. The lowest BCUT2D eigenvalue weighted by Crippen LogP contribution is -2.17. The molecule has 1 heterocycles. The van der Waals surface area contributed by atoms with E-state index in [9.17, 15) is 4.79 Å². The number of pyridine rings is 1. The Labute approximate surface area is 151 Å². The van der Waals surface area contributed by atoms with Crippen LogP contribution in [-0.4, -0.2) is 23.7 Å². The smallest absolute Gasteiger partial charge is 0.221 e. The van der Waals surface area contributed by atoms with E-state index in [1.165, 1.54) is 6.92 Å². The number of nitriles is 1. The number of anilines is 2. The molecule has 0 bridgehead atoms. The number of nitrogens with one attached hydrogen (secondary N) is 1. The fourth-order valence-electron chi connectivity index (χ4n) is 2.18. The van der Waals surface area contributed by atoms with E-state index in [4.69, 9.17) is 16.9 Å². The Morgan fingerprint density at radius 1 is 1.44 bits per heavy atom. The van der Waals surface area contributed by atoms with E-state index in [2.05, 4.69) is 15.4 Å². The van der Waals surface area contributed by atoms with Gasteiger partial charge in [-0.05, 0) is 43.2 Å². The van der Waals surface area contributed by atoms with Gasteiger partial charge in [-0.2, -0.15) is 10.4 Å². The van der Waals surface area contributed by atoms with Gasteiger partial charge in [-0.15, -0.1) is 0 Å². The topological polar surface area (TPSA) is 81.4 Å². The van der Waals surface area contributed by atoms with E-state index in [0.717, 1.165) is 16.8 Å². The van der Waals surface area contributed by atoms with Crippen LogP contribution in [0.2, 0.25) is 5.15 Å². The van der Waals surface area contributed by atoms with Crippen molar-refractivity contribution in [1.29, 1.82) is 5.26 Å². The van der Waals surface area contributed by atoms with E-state index >= 15 is 0 Å². The average Bonchev–Trinajstić information content (AvgIpc) is 2.56. The number of hydrogen-bond donors (Lipinski definition) is 1. The molecule has 0 aliphatic rings. The molecule has 1 aromatic carbocycles. The van der Waals surface area contributed by atoms with Gasteiger partial charge < -0.3 is 5.32 Å². The molecule has 7 heteroatoms. The van der Waals surface area contributed by atoms with Gasteiger partial charge in [0.05, 0.1) is 11.8 Å². The van der Waals surface area contributed by atoms with Crippen molar-refractivity contribution < 1.29 is 4.79 Å². The maximum absolute atomic E-state index is 11.0. The summed E-state index contributed by atoms with van der Waals surface area (Å²) < 4.78 is 0. The first-order valence-electron chi connectivity index (χ1n) is 7.71. The zero-order valence-corrected chi connectivity index (χ0v) is 15.0. The normalized spacial score (nSPS) is 10.5. The highest BCUT2D eigenvalue weighted by molar-refractivity contribution is 6.30. The maximum atomic E-state index is 11.0. The zero-order valence-electron chi connectivity index (χ0n) is 14.2. The van der Waals surface area contributed by atoms with E-state index in [-0.39, 0.29) is 11.1 Å². The first-order valence-corrected chi connectivity index (χ1v) is 8.08. The number of benzene rings is 1. The second-order valence-electron chi connectivity index (χ2n) is 5.34. The van der Waals surface area contributed by atoms with Gasteiger partial charge in [-0.3, -0.25) is 4.79 Å². The molecular formula is C18H18ClN5O. The van der Waals surface area contributed by atoms with Crippen LogP contribution in [0.15, 0.2) is 35.4 Å². The summed E-state index contributed by atoms with van der Waals surface area (Å²) in [6.45, 7) is 5.82. The standard InChI is InChI=1S/C18H18ClN5O/c1-4-24(17-9-12(2)16(10-20)18(19)23-17)21-11-14-5-7-15(8-6-14)22-13(3)25/h5-9,11H,4H2,1-3H3,(H,22,25)/b21-11-. The van der Waals surface area contributed by atoms with E-state index < -0.39 is 0 Å². The summed E-state index contributed by atoms with van der Waals surface area (Å²) >= 11 is 6.07. The van der Waals surface area contributed by atoms with E-state index in [1.54, 1.807) is 29.4 Å². The van der Waals surface area contributed by atoms with Crippen molar-refractivity contribution in [2.75, 3.05) is 16.9 Å². The maximum Gasteiger partial charge on any atom is 0.221 e. The lowest BCUT2D eigenvalue weighted by atomic mass is 10.2. The fourth-order valence-corrected chi connectivity index (χ4v) is 2.46. The predicted molar refractivity (Wildman–Crippen MR) is 100 cm³/mol. The fraction of sp³-hybridized carbons (Fsp3) is 0.222. The summed E-state index contributed by atoms with van der Waals surface area (Å²) in [6, 6.07) is 11.1. The third-order valence-corrected chi connectivity index (χ3v) is 3.69. The molecule has 1 amide bonds. The van der Waals surface area contributed by atoms with E-state index in [1.807, 2.05) is 32.0 Å². The zero-order chi connectivity index (χ0) is 18.4. The molecule has 1 aromatic heterocycles. The van der Waals surface area contributed by atoms with Crippen molar-refractivity contribution in [1.82, 2.24) is 4.98 Å². The quantitative estimate of drug-likeness (QED) is 0.503. The van der Waals surface area contributed by atoms with Gasteiger partial charge in [0.1, 0.15) is 11.2 Å². The Morgan fingerprint density at radius 2 is 2.12 bits per heavy atom. The van der Waals surface area contributed by atoms with E-state index in [0.29, 0.717) is 17.9 Å². The van der Waals surface area contributed by atoms with Gasteiger partial charge in [-0.25, -0.2) is 9.99 Å². The molecule has 2 aromatic rings. The molecule has 128 valence electrons. The molecular weight excluding hydrogens is 338 g/mol. The number of rotatable bonds is 5. The SMILES string of the molecule is CCN(/N=C\c1ccc(NC(C)=O)cc1)c1cc(C)c(C#N)c(Cl)n1. The number of hydrazone groups is 1. The summed E-state index contributed by atoms with van der Waals surface area (Å²) in [5.41, 5.74) is 2.74. The van der Waals surface area contributed by atoms with Crippen molar-refractivity contribution in [3.05, 3.63) is 52.2 Å². The average molecular weight is 356 g/mol. The summed E-state index contributed by atoms with van der Waals surface area (Å²) in [7, 11) is 0. The second-order valence-corrected chi connectivity index (χ2v) is 5.70. The highest BCUT2D eigenvalue weighted by atomic mass is 35.5. The van der Waals surface area contributed by atoms with Crippen LogP contribution in [0.4, 0.5) is 11.5 Å². The monoisotopic (exact) mass is 355 g/mol. The van der Waals surface area contributed by atoms with Crippen molar-refractivity contribution in [3.8, 4) is 6.07 Å². The molecule has 2 rings (SSSR count). The molecule has 6 nitrogen and oxygen atoms in total. The Balaban J connectivity index is 2.20. The Bertz CT molecular complexity index is 817. The van der Waals surface area contributed by atoms with Gasteiger partial charge in [0, 0.05) is 19.2 Å². The van der Waals surface area contributed by atoms with Crippen LogP contribution in [0.25, 0.3) is 0 Å². The molecule has 0 fully saturated rings. The van der Waals surface area contributed by atoms with Crippen molar-refractivity contribution in [2.45, 2.75) is 20.8 Å². The molecule has 0 aliphatic heterocycles. The summed E-state index contributed by atoms with van der Waals surface area (Å²) in [5, 5.41) is 18.1. The molecule has 0 atom stereocenters. The highest BCUT2D eigenvalue weighted by Gasteiger charge is 2.11. The second kappa shape index (κ2) is 8.27. The van der Waals surface area contributed by atoms with Gasteiger partial charge in [0.15, 0.2) is 5.82 Å². The number of amides is 1. The van der Waals surface area contributed by atoms with Gasteiger partial charge >= 0.3 is 0 Å². The largest absolute Gasteiger partial charge is 0.326 e. The molecule has 1 N–H and O–H groups in total. The number of carbonyl (C=O) groups excluding carboxylic acids is 1. The van der Waals surface area contributed by atoms with Crippen LogP contribution in [0.3, 0.4) is 0 Å². The third-order valence-electron chi connectivity index (χ3n) is 3.41. The van der Waals surface area contributed by atoms with Gasteiger partial charge in [0.25, 0.3) is 0 Å². The summed E-state index contributed by atoms with van der Waals surface area (Å²) in [6.07, 6.45) is 1.70. The van der Waals surface area contributed by atoms with Crippen molar-refractivity contribution >= 4 is 35.2 Å². The molecule has 0 saturated carbocycles. The summed E-state index contributed by atoms with van der Waals surface area (Å²) in [5.74, 6) is 0.466. The number of nitrogens with zero attached hydrogens (tertiary/aromatic N) is 4. The van der Waals surface area contributed by atoms with Crippen LogP contribution in [0.1, 0.15) is 30.5 Å². The Kier molecular flexibility index (Phi) is 6.09. The van der Waals surface area contributed by atoms with Crippen molar-refractivity contribution in [2.24, 2.45) is 5.10 Å². The van der Waals surface area contributed by atoms with Crippen LogP contribution in [0, 0.1) is 18.3 Å². The summed E-state index contributed by atoms with van der Waals surface area (Å²) in [4.78, 5) is 15.3. The lowest BCUT2D eigenvalue weighted by molar-refractivity contribution is -0.114. The molecule has 0 saturated heterocycles. The molecule has 0 spiro atoms. The Hall–Kier alpha value is -2.91. The molecule has 0 aliphatic carbocycles. The molecule has 0 unspecified atom stereocenters. The number of carbonyl (C=O) groups is 1. The molecule has 0 radical (unpaired) electrons. The van der Waals surface area contributed by atoms with Gasteiger partial charge in [-0.1, -0.05) is 23.7 Å². The molecule has 25 heavy (non-hydrogen) atoms. The highest BCUT2D eigenvalue weighted by Crippen LogP contribution is 2.23. The number of hydrogen-bond acceptors (Lipinski definition) is 5. The number of aryl methyl sites for hydroxylation is 1. The van der Waals surface area contributed by atoms with Crippen LogP contribution in [0.5, 0.6) is 0 Å². The number of halogens is 1.